The number of carbonyl (C=O) groups excluding carboxylic acids is 3. The summed E-state index contributed by atoms with van der Waals surface area (Å²) in [5.41, 5.74) is 2.46. The Bertz CT molecular complexity index is 804. The summed E-state index contributed by atoms with van der Waals surface area (Å²) < 4.78 is 9.38. The summed E-state index contributed by atoms with van der Waals surface area (Å²) in [7, 11) is 2.46. The Morgan fingerprint density at radius 2 is 1.39 bits per heavy atom. The van der Waals surface area contributed by atoms with Gasteiger partial charge < -0.3 is 14.4 Å². The number of esters is 2. The van der Waals surface area contributed by atoms with Crippen LogP contribution in [0, 0.1) is 0 Å². The number of hydrogen-bond donors (Lipinski definition) is 0. The molecule has 1 atom stereocenters. The molecule has 2 rings (SSSR count). The fourth-order valence-electron chi connectivity index (χ4n) is 2.66. The van der Waals surface area contributed by atoms with Crippen LogP contribution in [0.25, 0.3) is 5.57 Å². The van der Waals surface area contributed by atoms with E-state index >= 15 is 0 Å². The summed E-state index contributed by atoms with van der Waals surface area (Å²) >= 11 is 0. The molecular formula is C22H23NO5. The summed E-state index contributed by atoms with van der Waals surface area (Å²) in [5.74, 6) is -1.83. The molecular weight excluding hydrogens is 358 g/mol. The molecule has 0 aliphatic carbocycles. The van der Waals surface area contributed by atoms with Gasteiger partial charge in [-0.2, -0.15) is 0 Å². The maximum atomic E-state index is 12.7. The van der Waals surface area contributed by atoms with E-state index in [1.54, 1.807) is 13.1 Å². The van der Waals surface area contributed by atoms with Crippen molar-refractivity contribution in [3.05, 3.63) is 78.0 Å². The molecule has 28 heavy (non-hydrogen) atoms. The van der Waals surface area contributed by atoms with Gasteiger partial charge in [-0.25, -0.2) is 4.79 Å². The molecule has 0 saturated carbocycles. The minimum absolute atomic E-state index is 0.481. The van der Waals surface area contributed by atoms with E-state index in [2.05, 4.69) is 4.74 Å². The maximum Gasteiger partial charge on any atom is 0.328 e. The molecule has 0 spiro atoms. The number of hydrogen-bond acceptors (Lipinski definition) is 5. The Morgan fingerprint density at radius 3 is 1.82 bits per heavy atom. The van der Waals surface area contributed by atoms with Crippen molar-refractivity contribution in [2.45, 2.75) is 19.4 Å². The van der Waals surface area contributed by atoms with E-state index in [4.69, 9.17) is 4.74 Å². The Labute approximate surface area is 164 Å². The van der Waals surface area contributed by atoms with Gasteiger partial charge in [0.15, 0.2) is 0 Å². The van der Waals surface area contributed by atoms with Crippen LogP contribution in [0.15, 0.2) is 66.9 Å². The van der Waals surface area contributed by atoms with Crippen LogP contribution < -0.4 is 0 Å². The Kier molecular flexibility index (Phi) is 7.51. The number of ether oxygens (including phenoxy) is 2. The van der Waals surface area contributed by atoms with E-state index in [1.165, 1.54) is 19.1 Å². The third-order valence-corrected chi connectivity index (χ3v) is 4.21. The highest BCUT2D eigenvalue weighted by atomic mass is 16.5. The smallest absolute Gasteiger partial charge is 0.328 e. The number of benzene rings is 2. The lowest BCUT2D eigenvalue weighted by Gasteiger charge is -2.25. The van der Waals surface area contributed by atoms with Crippen molar-refractivity contribution in [1.29, 1.82) is 0 Å². The molecule has 0 unspecified atom stereocenters. The average molecular weight is 381 g/mol. The lowest BCUT2D eigenvalue weighted by Crippen LogP contribution is -2.41. The van der Waals surface area contributed by atoms with E-state index in [9.17, 15) is 14.4 Å². The molecule has 0 bridgehead atoms. The quantitative estimate of drug-likeness (QED) is 0.544. The summed E-state index contributed by atoms with van der Waals surface area (Å²) in [6.07, 6.45) is 1.10. The molecule has 1 amide bonds. The first-order valence-electron chi connectivity index (χ1n) is 8.76. The van der Waals surface area contributed by atoms with Crippen LogP contribution in [0.2, 0.25) is 0 Å². The lowest BCUT2D eigenvalue weighted by atomic mass is 9.98. The van der Waals surface area contributed by atoms with Crippen molar-refractivity contribution in [1.82, 2.24) is 4.90 Å². The summed E-state index contributed by atoms with van der Waals surface area (Å²) in [4.78, 5) is 37.7. The highest BCUT2D eigenvalue weighted by Crippen LogP contribution is 2.25. The summed E-state index contributed by atoms with van der Waals surface area (Å²) in [5, 5.41) is 0. The first-order chi connectivity index (χ1) is 13.5. The number of amides is 1. The van der Waals surface area contributed by atoms with Crippen molar-refractivity contribution in [2.75, 3.05) is 14.2 Å². The molecule has 0 aliphatic heterocycles. The topological polar surface area (TPSA) is 72.9 Å². The standard InChI is InChI=1S/C22H23NO5/c1-16(22(26)28-3)23(20(24)14-21(25)27-2)15-19(17-10-6-4-7-11-17)18-12-8-5-9-13-18/h4-13,15-16H,14H2,1-3H3/t16-/m0/s1. The van der Waals surface area contributed by atoms with Gasteiger partial charge in [-0.1, -0.05) is 60.7 Å². The molecule has 0 aliphatic rings. The molecule has 0 aromatic heterocycles. The predicted molar refractivity (Wildman–Crippen MR) is 105 cm³/mol. The number of methoxy groups -OCH3 is 2. The lowest BCUT2D eigenvalue weighted by molar-refractivity contribution is -0.153. The van der Waals surface area contributed by atoms with E-state index in [1.807, 2.05) is 60.7 Å². The molecule has 146 valence electrons. The van der Waals surface area contributed by atoms with Crippen molar-refractivity contribution in [3.8, 4) is 0 Å². The van der Waals surface area contributed by atoms with Gasteiger partial charge >= 0.3 is 11.9 Å². The third kappa shape index (κ3) is 5.30. The van der Waals surface area contributed by atoms with Gasteiger partial charge in [-0.15, -0.1) is 0 Å². The van der Waals surface area contributed by atoms with Crippen molar-refractivity contribution >= 4 is 23.4 Å². The molecule has 2 aromatic carbocycles. The molecule has 0 heterocycles. The zero-order chi connectivity index (χ0) is 20.5. The summed E-state index contributed by atoms with van der Waals surface area (Å²) in [6.45, 7) is 1.55. The van der Waals surface area contributed by atoms with E-state index in [-0.39, 0.29) is 0 Å². The zero-order valence-corrected chi connectivity index (χ0v) is 16.1. The fourth-order valence-corrected chi connectivity index (χ4v) is 2.66. The molecule has 0 N–H and O–H groups in total. The minimum Gasteiger partial charge on any atom is -0.469 e. The van der Waals surface area contributed by atoms with Crippen LogP contribution in [0.3, 0.4) is 0 Å². The van der Waals surface area contributed by atoms with Gasteiger partial charge in [-0.3, -0.25) is 9.59 Å². The summed E-state index contributed by atoms with van der Waals surface area (Å²) in [6, 6.07) is 18.0. The number of rotatable bonds is 7. The van der Waals surface area contributed by atoms with Crippen LogP contribution in [-0.2, 0) is 23.9 Å². The van der Waals surface area contributed by atoms with Gasteiger partial charge in [0.2, 0.25) is 5.91 Å². The van der Waals surface area contributed by atoms with Gasteiger partial charge in [0.25, 0.3) is 0 Å². The van der Waals surface area contributed by atoms with Gasteiger partial charge in [0.05, 0.1) is 14.2 Å². The minimum atomic E-state index is -0.912. The molecule has 0 fully saturated rings. The SMILES string of the molecule is COC(=O)CC(=O)N(C=C(c1ccccc1)c1ccccc1)[C@@H](C)C(=O)OC. The second-order valence-corrected chi connectivity index (χ2v) is 6.03. The van der Waals surface area contributed by atoms with Crippen LogP contribution in [0.5, 0.6) is 0 Å². The monoisotopic (exact) mass is 381 g/mol. The number of nitrogens with zero attached hydrogens (tertiary/aromatic N) is 1. The van der Waals surface area contributed by atoms with Crippen LogP contribution in [0.1, 0.15) is 24.5 Å². The highest BCUT2D eigenvalue weighted by Gasteiger charge is 2.27. The molecule has 2 aromatic rings. The first kappa shape index (κ1) is 20.9. The van der Waals surface area contributed by atoms with E-state index in [0.717, 1.165) is 16.7 Å². The second kappa shape index (κ2) is 10.1. The highest BCUT2D eigenvalue weighted by molar-refractivity contribution is 5.97. The third-order valence-electron chi connectivity index (χ3n) is 4.21. The van der Waals surface area contributed by atoms with Gasteiger partial charge in [-0.05, 0) is 18.1 Å². The maximum absolute atomic E-state index is 12.7. The fraction of sp³-hybridized carbons (Fsp3) is 0.227. The first-order valence-corrected chi connectivity index (χ1v) is 8.76. The zero-order valence-electron chi connectivity index (χ0n) is 16.1. The van der Waals surface area contributed by atoms with Crippen molar-refractivity contribution < 1.29 is 23.9 Å². The van der Waals surface area contributed by atoms with Gasteiger partial charge in [0, 0.05) is 11.8 Å². The van der Waals surface area contributed by atoms with E-state index < -0.39 is 30.3 Å². The van der Waals surface area contributed by atoms with Crippen LogP contribution in [0.4, 0.5) is 0 Å². The van der Waals surface area contributed by atoms with Crippen molar-refractivity contribution in [3.63, 3.8) is 0 Å². The van der Waals surface area contributed by atoms with Crippen LogP contribution in [-0.4, -0.2) is 43.0 Å². The van der Waals surface area contributed by atoms with Crippen LogP contribution >= 0.6 is 0 Å². The molecule has 0 radical (unpaired) electrons. The molecule has 6 heteroatoms. The molecule has 6 nitrogen and oxygen atoms in total. The van der Waals surface area contributed by atoms with Gasteiger partial charge in [0.1, 0.15) is 12.5 Å². The Morgan fingerprint density at radius 1 is 0.893 bits per heavy atom. The normalized spacial score (nSPS) is 11.1. The van der Waals surface area contributed by atoms with Crippen molar-refractivity contribution in [2.24, 2.45) is 0 Å². The second-order valence-electron chi connectivity index (χ2n) is 6.03. The predicted octanol–water partition coefficient (Wildman–Crippen LogP) is 3.03. The number of carbonyl (C=O) groups is 3. The largest absolute Gasteiger partial charge is 0.469 e. The average Bonchev–Trinajstić information content (AvgIpc) is 2.74. The van der Waals surface area contributed by atoms with E-state index in [0.29, 0.717) is 0 Å². The Hall–Kier alpha value is -3.41. The Balaban J connectivity index is 2.56. The molecule has 0 saturated heterocycles.